The van der Waals surface area contributed by atoms with Gasteiger partial charge in [-0.05, 0) is 44.9 Å². The van der Waals surface area contributed by atoms with Crippen molar-refractivity contribution in [1.29, 1.82) is 0 Å². The summed E-state index contributed by atoms with van der Waals surface area (Å²) in [6.07, 6.45) is 1.26. The lowest BCUT2D eigenvalue weighted by atomic mass is 10.1. The van der Waals surface area contributed by atoms with Gasteiger partial charge in [-0.2, -0.15) is 0 Å². The Balaban J connectivity index is 2.80. The first-order valence-electron chi connectivity index (χ1n) is 6.58. The number of anilines is 1. The lowest BCUT2D eigenvalue weighted by molar-refractivity contribution is -0.384. The summed E-state index contributed by atoms with van der Waals surface area (Å²) in [5, 5.41) is 13.4. The van der Waals surface area contributed by atoms with Gasteiger partial charge >= 0.3 is 5.97 Å². The van der Waals surface area contributed by atoms with Crippen LogP contribution in [0.1, 0.15) is 25.0 Å². The molecule has 0 bridgehead atoms. The van der Waals surface area contributed by atoms with Gasteiger partial charge in [0.2, 0.25) is 0 Å². The van der Waals surface area contributed by atoms with Gasteiger partial charge in [0.15, 0.2) is 6.61 Å². The lowest BCUT2D eigenvalue weighted by Gasteiger charge is -2.09. The minimum atomic E-state index is -0.637. The molecule has 7 heteroatoms. The van der Waals surface area contributed by atoms with Crippen molar-refractivity contribution in [2.24, 2.45) is 0 Å². The number of rotatable bonds is 5. The Hall–Kier alpha value is -2.70. The smallest absolute Gasteiger partial charge is 0.331 e. The molecule has 0 aromatic heterocycles. The molecule has 0 heterocycles. The fraction of sp³-hybridized carbons (Fsp3) is 0.333. The molecule has 1 amide bonds. The summed E-state index contributed by atoms with van der Waals surface area (Å²) in [6.45, 7) is 6.46. The van der Waals surface area contributed by atoms with Crippen molar-refractivity contribution in [2.45, 2.75) is 27.7 Å². The average molecular weight is 306 g/mol. The molecule has 1 aromatic carbocycles. The summed E-state index contributed by atoms with van der Waals surface area (Å²) in [6, 6.07) is 2.91. The number of benzene rings is 1. The van der Waals surface area contributed by atoms with E-state index in [4.69, 9.17) is 4.74 Å². The normalized spacial score (nSPS) is 9.82. The largest absolute Gasteiger partial charge is 0.452 e. The van der Waals surface area contributed by atoms with Gasteiger partial charge in [-0.15, -0.1) is 0 Å². The molecule has 0 spiro atoms. The van der Waals surface area contributed by atoms with Crippen molar-refractivity contribution in [3.05, 3.63) is 45.0 Å². The number of carbonyl (C=O) groups excluding carboxylic acids is 2. The highest BCUT2D eigenvalue weighted by Gasteiger charge is 2.18. The molecule has 1 rings (SSSR count). The summed E-state index contributed by atoms with van der Waals surface area (Å²) in [7, 11) is 0. The van der Waals surface area contributed by atoms with E-state index in [1.165, 1.54) is 18.2 Å². The van der Waals surface area contributed by atoms with E-state index >= 15 is 0 Å². The van der Waals surface area contributed by atoms with E-state index < -0.39 is 23.4 Å². The van der Waals surface area contributed by atoms with Gasteiger partial charge in [0, 0.05) is 12.1 Å². The van der Waals surface area contributed by atoms with Crippen LogP contribution in [0.4, 0.5) is 11.4 Å². The van der Waals surface area contributed by atoms with Crippen LogP contribution in [0.2, 0.25) is 0 Å². The number of aryl methyl sites for hydroxylation is 2. The molecule has 0 unspecified atom stereocenters. The van der Waals surface area contributed by atoms with E-state index in [0.29, 0.717) is 0 Å². The Bertz CT molecular complexity index is 646. The molecule has 0 aliphatic rings. The van der Waals surface area contributed by atoms with Crippen LogP contribution in [0.5, 0.6) is 0 Å². The highest BCUT2D eigenvalue weighted by molar-refractivity contribution is 5.95. The molecule has 1 N–H and O–H groups in total. The number of nitrogens with zero attached hydrogens (tertiary/aromatic N) is 1. The number of amides is 1. The first-order chi connectivity index (χ1) is 10.2. The molecule has 0 saturated heterocycles. The maximum absolute atomic E-state index is 11.7. The van der Waals surface area contributed by atoms with Gasteiger partial charge in [-0.1, -0.05) is 5.57 Å². The van der Waals surface area contributed by atoms with Crippen LogP contribution in [0.25, 0.3) is 0 Å². The number of carbonyl (C=O) groups is 2. The Morgan fingerprint density at radius 1 is 1.27 bits per heavy atom. The van der Waals surface area contributed by atoms with Crippen LogP contribution in [0, 0.1) is 24.0 Å². The number of hydrogen-bond donors (Lipinski definition) is 1. The molecule has 0 aliphatic heterocycles. The Kier molecular flexibility index (Phi) is 5.80. The molecule has 1 aromatic rings. The summed E-state index contributed by atoms with van der Waals surface area (Å²) >= 11 is 0. The van der Waals surface area contributed by atoms with Gasteiger partial charge in [-0.25, -0.2) is 4.79 Å². The van der Waals surface area contributed by atoms with Gasteiger partial charge in [0.25, 0.3) is 11.6 Å². The number of nitro groups is 1. The van der Waals surface area contributed by atoms with Crippen molar-refractivity contribution in [2.75, 3.05) is 11.9 Å². The summed E-state index contributed by atoms with van der Waals surface area (Å²) in [5.74, 6) is -1.27. The quantitative estimate of drug-likeness (QED) is 0.390. The fourth-order valence-corrected chi connectivity index (χ4v) is 1.65. The summed E-state index contributed by atoms with van der Waals surface area (Å²) in [5.41, 5.74) is 2.18. The van der Waals surface area contributed by atoms with Crippen LogP contribution < -0.4 is 5.32 Å². The number of ether oxygens (including phenoxy) is 1. The molecular weight excluding hydrogens is 288 g/mol. The van der Waals surface area contributed by atoms with Crippen LogP contribution in [0.3, 0.4) is 0 Å². The van der Waals surface area contributed by atoms with Crippen molar-refractivity contribution in [1.82, 2.24) is 0 Å². The van der Waals surface area contributed by atoms with Crippen LogP contribution >= 0.6 is 0 Å². The first-order valence-corrected chi connectivity index (χ1v) is 6.58. The second-order valence-corrected chi connectivity index (χ2v) is 5.09. The zero-order valence-electron chi connectivity index (χ0n) is 12.9. The van der Waals surface area contributed by atoms with E-state index in [0.717, 1.165) is 16.7 Å². The van der Waals surface area contributed by atoms with Crippen LogP contribution in [-0.2, 0) is 14.3 Å². The predicted octanol–water partition coefficient (Wildman–Crippen LogP) is 2.66. The van der Waals surface area contributed by atoms with Gasteiger partial charge in [-0.3, -0.25) is 14.9 Å². The molecule has 0 saturated carbocycles. The van der Waals surface area contributed by atoms with Crippen molar-refractivity contribution in [3.8, 4) is 0 Å². The number of nitrogens with one attached hydrogen (secondary N) is 1. The molecule has 0 aliphatic carbocycles. The number of nitro benzene ring substituents is 1. The third-order valence-corrected chi connectivity index (χ3v) is 2.83. The monoisotopic (exact) mass is 306 g/mol. The average Bonchev–Trinajstić information content (AvgIpc) is 2.39. The van der Waals surface area contributed by atoms with Crippen LogP contribution in [-0.4, -0.2) is 23.4 Å². The molecule has 0 fully saturated rings. The Morgan fingerprint density at radius 3 is 2.41 bits per heavy atom. The van der Waals surface area contributed by atoms with Gasteiger partial charge < -0.3 is 10.1 Å². The molecule has 0 atom stereocenters. The summed E-state index contributed by atoms with van der Waals surface area (Å²) < 4.78 is 4.74. The van der Waals surface area contributed by atoms with Crippen molar-refractivity contribution >= 4 is 23.3 Å². The number of allylic oxidation sites excluding steroid dienone is 1. The summed E-state index contributed by atoms with van der Waals surface area (Å²) in [4.78, 5) is 33.5. The molecule has 0 radical (unpaired) electrons. The predicted molar refractivity (Wildman–Crippen MR) is 81.6 cm³/mol. The maximum atomic E-state index is 11.7. The van der Waals surface area contributed by atoms with E-state index in [2.05, 4.69) is 5.32 Å². The maximum Gasteiger partial charge on any atom is 0.331 e. The second-order valence-electron chi connectivity index (χ2n) is 5.09. The zero-order valence-corrected chi connectivity index (χ0v) is 12.9. The SMILES string of the molecule is CC(C)=CC(=O)OCC(=O)Nc1cc(C)c(C)cc1[N+](=O)[O-]. The minimum Gasteiger partial charge on any atom is -0.452 e. The van der Waals surface area contributed by atoms with Crippen LogP contribution in [0.15, 0.2) is 23.8 Å². The number of esters is 1. The third-order valence-electron chi connectivity index (χ3n) is 2.83. The van der Waals surface area contributed by atoms with Crippen molar-refractivity contribution < 1.29 is 19.2 Å². The Morgan fingerprint density at radius 2 is 1.86 bits per heavy atom. The van der Waals surface area contributed by atoms with E-state index in [1.54, 1.807) is 27.7 Å². The lowest BCUT2D eigenvalue weighted by Crippen LogP contribution is -2.21. The first kappa shape index (κ1) is 17.4. The molecule has 118 valence electrons. The molecular formula is C15H18N2O5. The highest BCUT2D eigenvalue weighted by atomic mass is 16.6. The molecule has 7 nitrogen and oxygen atoms in total. The fourth-order valence-electron chi connectivity index (χ4n) is 1.65. The number of hydrogen-bond acceptors (Lipinski definition) is 5. The second kappa shape index (κ2) is 7.35. The van der Waals surface area contributed by atoms with Crippen molar-refractivity contribution in [3.63, 3.8) is 0 Å². The zero-order chi connectivity index (χ0) is 16.9. The molecule has 22 heavy (non-hydrogen) atoms. The van der Waals surface area contributed by atoms with Gasteiger partial charge in [0.1, 0.15) is 5.69 Å². The Labute approximate surface area is 128 Å². The highest BCUT2D eigenvalue weighted by Crippen LogP contribution is 2.27. The van der Waals surface area contributed by atoms with E-state index in [1.807, 2.05) is 0 Å². The minimum absolute atomic E-state index is 0.0800. The standard InChI is InChI=1S/C15H18N2O5/c1-9(2)5-15(19)22-8-14(18)16-12-6-10(3)11(4)7-13(12)17(20)21/h5-7H,8H2,1-4H3,(H,16,18). The third kappa shape index (κ3) is 5.01. The van der Waals surface area contributed by atoms with E-state index in [9.17, 15) is 19.7 Å². The van der Waals surface area contributed by atoms with Gasteiger partial charge in [0.05, 0.1) is 4.92 Å². The van der Waals surface area contributed by atoms with E-state index in [-0.39, 0.29) is 11.4 Å². The topological polar surface area (TPSA) is 98.5 Å².